The number of carbonyl (C=O) groups is 2. The molecule has 2 fully saturated rings. The number of ketones is 1. The van der Waals surface area contributed by atoms with Gasteiger partial charge in [0.1, 0.15) is 6.10 Å². The second-order valence-corrected chi connectivity index (χ2v) is 12.0. The molecule has 0 aromatic heterocycles. The van der Waals surface area contributed by atoms with Crippen molar-refractivity contribution in [3.8, 4) is 0 Å². The number of hydrogen-bond acceptors (Lipinski definition) is 6. The van der Waals surface area contributed by atoms with Crippen molar-refractivity contribution >= 4 is 11.8 Å². The zero-order valence-electron chi connectivity index (χ0n) is 22.2. The maximum absolute atomic E-state index is 14.3. The zero-order valence-corrected chi connectivity index (χ0v) is 22.2. The monoisotopic (exact) mass is 498 g/mol. The van der Waals surface area contributed by atoms with Crippen LogP contribution in [0.4, 0.5) is 0 Å². The average molecular weight is 499 g/mol. The molecule has 8 unspecified atom stereocenters. The standard InChI is InChI=1S/C30H42O6/c1-6-7-8-9-10-11-12-13-23(32)36-27-18(2)16-29-19(3)14-22-24(28(22,4)5)21(26(29)34)15-20(17-31)25(33)30(27,29)35/h10-13,15-16,19,21-22,24-25,27,31,33,35H,6-9,14,17H2,1-5H3/b11-10-,13-12+. The molecule has 6 heteroatoms. The lowest BCUT2D eigenvalue weighted by atomic mass is 9.59. The van der Waals surface area contributed by atoms with Crippen LogP contribution in [0.1, 0.15) is 66.7 Å². The van der Waals surface area contributed by atoms with Crippen LogP contribution in [0, 0.1) is 34.5 Å². The number of carbonyl (C=O) groups excluding carboxylic acids is 2. The Balaban J connectivity index is 1.66. The summed E-state index contributed by atoms with van der Waals surface area (Å²) in [7, 11) is 0. The minimum atomic E-state index is -2.10. The van der Waals surface area contributed by atoms with E-state index >= 15 is 0 Å². The number of fused-ring (bicyclic) bond motifs is 3. The van der Waals surface area contributed by atoms with E-state index in [4.69, 9.17) is 4.74 Å². The molecule has 198 valence electrons. The van der Waals surface area contributed by atoms with Crippen molar-refractivity contribution in [1.29, 1.82) is 0 Å². The van der Waals surface area contributed by atoms with E-state index in [1.54, 1.807) is 31.2 Å². The molecule has 4 aliphatic rings. The molecule has 0 aromatic rings. The minimum absolute atomic E-state index is 0.0290. The Morgan fingerprint density at radius 2 is 1.97 bits per heavy atom. The molecular weight excluding hydrogens is 456 g/mol. The zero-order chi connectivity index (χ0) is 26.5. The Morgan fingerprint density at radius 1 is 1.25 bits per heavy atom. The molecule has 0 saturated heterocycles. The molecule has 0 heterocycles. The first-order valence-electron chi connectivity index (χ1n) is 13.5. The van der Waals surface area contributed by atoms with E-state index in [1.165, 1.54) is 6.08 Å². The van der Waals surface area contributed by atoms with Crippen LogP contribution in [0.15, 0.2) is 47.6 Å². The quantitative estimate of drug-likeness (QED) is 0.153. The fraction of sp³-hybridized carbons (Fsp3) is 0.667. The highest BCUT2D eigenvalue weighted by molar-refractivity contribution is 5.95. The van der Waals surface area contributed by atoms with Gasteiger partial charge in [-0.3, -0.25) is 4.79 Å². The fourth-order valence-corrected chi connectivity index (χ4v) is 7.57. The Kier molecular flexibility index (Phi) is 7.28. The number of allylic oxidation sites excluding steroid dienone is 4. The molecule has 4 aliphatic carbocycles. The number of hydrogen-bond donors (Lipinski definition) is 3. The molecule has 8 atom stereocenters. The Morgan fingerprint density at radius 3 is 2.64 bits per heavy atom. The minimum Gasteiger partial charge on any atom is -0.451 e. The van der Waals surface area contributed by atoms with E-state index in [0.717, 1.165) is 32.1 Å². The molecule has 0 radical (unpaired) electrons. The van der Waals surface area contributed by atoms with Crippen molar-refractivity contribution in [3.05, 3.63) is 47.6 Å². The Hall–Kier alpha value is -2.02. The molecule has 1 spiro atoms. The van der Waals surface area contributed by atoms with Gasteiger partial charge >= 0.3 is 5.97 Å². The van der Waals surface area contributed by atoms with E-state index in [-0.39, 0.29) is 28.6 Å². The van der Waals surface area contributed by atoms with Crippen LogP contribution in [0.3, 0.4) is 0 Å². The van der Waals surface area contributed by atoms with E-state index < -0.39 is 41.7 Å². The maximum atomic E-state index is 14.3. The molecule has 0 aliphatic heterocycles. The van der Waals surface area contributed by atoms with E-state index in [2.05, 4.69) is 20.8 Å². The Bertz CT molecular complexity index is 1020. The van der Waals surface area contributed by atoms with Crippen LogP contribution in [0.5, 0.6) is 0 Å². The van der Waals surface area contributed by atoms with Gasteiger partial charge in [-0.05, 0) is 60.5 Å². The van der Waals surface area contributed by atoms with Crippen molar-refractivity contribution in [2.24, 2.45) is 34.5 Å². The van der Waals surface area contributed by atoms with Gasteiger partial charge in [0.2, 0.25) is 0 Å². The third-order valence-corrected chi connectivity index (χ3v) is 9.58. The number of ether oxygens (including phenoxy) is 1. The summed E-state index contributed by atoms with van der Waals surface area (Å²) < 4.78 is 5.76. The highest BCUT2D eigenvalue weighted by Gasteiger charge is 2.76. The van der Waals surface area contributed by atoms with Crippen LogP contribution < -0.4 is 0 Å². The first-order chi connectivity index (χ1) is 17.0. The Labute approximate surface area is 214 Å². The number of unbranched alkanes of at least 4 members (excludes halogenated alkanes) is 3. The number of rotatable bonds is 8. The van der Waals surface area contributed by atoms with Gasteiger partial charge in [-0.2, -0.15) is 0 Å². The molecule has 36 heavy (non-hydrogen) atoms. The van der Waals surface area contributed by atoms with Crippen LogP contribution in [-0.2, 0) is 14.3 Å². The molecule has 0 aromatic carbocycles. The SMILES string of the molecule is CCCCC/C=C\C=C\C(=O)OC1C(C)=CC23C(=O)C(C=C(CO)C(O)C12O)C1C(CC3C)C1(C)C. The highest BCUT2D eigenvalue weighted by atomic mass is 16.6. The lowest BCUT2D eigenvalue weighted by molar-refractivity contribution is -0.201. The first-order valence-corrected chi connectivity index (χ1v) is 13.5. The predicted molar refractivity (Wildman–Crippen MR) is 138 cm³/mol. The van der Waals surface area contributed by atoms with Gasteiger partial charge in [0.05, 0.1) is 12.0 Å². The largest absolute Gasteiger partial charge is 0.451 e. The van der Waals surface area contributed by atoms with E-state index in [0.29, 0.717) is 11.5 Å². The topological polar surface area (TPSA) is 104 Å². The second kappa shape index (κ2) is 9.70. The first kappa shape index (κ1) is 27.0. The smallest absolute Gasteiger partial charge is 0.331 e. The van der Waals surface area contributed by atoms with Gasteiger partial charge in [-0.1, -0.05) is 70.9 Å². The number of aliphatic hydroxyl groups excluding tert-OH is 2. The lowest BCUT2D eigenvalue weighted by Crippen LogP contribution is -2.65. The number of aliphatic hydroxyl groups is 3. The van der Waals surface area contributed by atoms with Gasteiger partial charge < -0.3 is 20.1 Å². The van der Waals surface area contributed by atoms with Crippen molar-refractivity contribution in [3.63, 3.8) is 0 Å². The van der Waals surface area contributed by atoms with Crippen LogP contribution in [0.2, 0.25) is 0 Å². The molecule has 2 bridgehead atoms. The third-order valence-electron chi connectivity index (χ3n) is 9.58. The fourth-order valence-electron chi connectivity index (χ4n) is 7.57. The van der Waals surface area contributed by atoms with Crippen molar-refractivity contribution < 1.29 is 29.6 Å². The molecular formula is C30H42O6. The van der Waals surface area contributed by atoms with Gasteiger partial charge in [0.15, 0.2) is 17.5 Å². The van der Waals surface area contributed by atoms with Gasteiger partial charge in [0, 0.05) is 12.0 Å². The molecule has 2 saturated carbocycles. The van der Waals surface area contributed by atoms with Crippen molar-refractivity contribution in [2.75, 3.05) is 6.61 Å². The van der Waals surface area contributed by atoms with Crippen LogP contribution in [0.25, 0.3) is 0 Å². The summed E-state index contributed by atoms with van der Waals surface area (Å²) in [4.78, 5) is 27.1. The van der Waals surface area contributed by atoms with Crippen LogP contribution in [-0.4, -0.2) is 51.5 Å². The second-order valence-electron chi connectivity index (χ2n) is 12.0. The number of Topliss-reactive ketones (excluding diaryl/α,β-unsaturated/α-hetero) is 1. The van der Waals surface area contributed by atoms with E-state index in [9.17, 15) is 24.9 Å². The predicted octanol–water partition coefficient (Wildman–Crippen LogP) is 4.06. The van der Waals surface area contributed by atoms with E-state index in [1.807, 2.05) is 13.0 Å². The summed E-state index contributed by atoms with van der Waals surface area (Å²) in [6.45, 7) is 9.66. The number of esters is 1. The molecule has 6 nitrogen and oxygen atoms in total. The summed E-state index contributed by atoms with van der Waals surface area (Å²) >= 11 is 0. The van der Waals surface area contributed by atoms with Gasteiger partial charge in [0.25, 0.3) is 0 Å². The lowest BCUT2D eigenvalue weighted by Gasteiger charge is -2.48. The van der Waals surface area contributed by atoms with Gasteiger partial charge in [-0.15, -0.1) is 0 Å². The highest BCUT2D eigenvalue weighted by Crippen LogP contribution is 2.71. The van der Waals surface area contributed by atoms with Crippen LogP contribution >= 0.6 is 0 Å². The van der Waals surface area contributed by atoms with Gasteiger partial charge in [-0.25, -0.2) is 4.79 Å². The third kappa shape index (κ3) is 3.88. The normalized spacial score (nSPS) is 40.8. The summed E-state index contributed by atoms with van der Waals surface area (Å²) in [5, 5.41) is 34.0. The summed E-state index contributed by atoms with van der Waals surface area (Å²) in [5.41, 5.74) is -2.79. The summed E-state index contributed by atoms with van der Waals surface area (Å²) in [6, 6.07) is 0. The average Bonchev–Trinajstić information content (AvgIpc) is 3.32. The van der Waals surface area contributed by atoms with Crippen molar-refractivity contribution in [1.82, 2.24) is 0 Å². The van der Waals surface area contributed by atoms with Crippen molar-refractivity contribution in [2.45, 2.75) is 84.5 Å². The summed E-state index contributed by atoms with van der Waals surface area (Å²) in [5.74, 6) is -1.21. The maximum Gasteiger partial charge on any atom is 0.331 e. The molecule has 0 amide bonds. The molecule has 3 N–H and O–H groups in total. The summed E-state index contributed by atoms with van der Waals surface area (Å²) in [6.07, 6.45) is 12.4. The molecule has 4 rings (SSSR count).